The molecule has 0 bridgehead atoms. The van der Waals surface area contributed by atoms with Crippen LogP contribution in [0.2, 0.25) is 0 Å². The molecule has 0 aliphatic heterocycles. The van der Waals surface area contributed by atoms with Crippen molar-refractivity contribution in [1.82, 2.24) is 0 Å². The lowest BCUT2D eigenvalue weighted by molar-refractivity contribution is 0.504. The molecule has 0 atom stereocenters. The summed E-state index contributed by atoms with van der Waals surface area (Å²) < 4.78 is 0. The lowest BCUT2D eigenvalue weighted by Crippen LogP contribution is -2.00. The Hall–Kier alpha value is -0.0800. The Bertz CT molecular complexity index is 72.8. The lowest BCUT2D eigenvalue weighted by Gasteiger charge is -2.05. The van der Waals surface area contributed by atoms with Crippen LogP contribution >= 0.6 is 0 Å². The summed E-state index contributed by atoms with van der Waals surface area (Å²) in [6, 6.07) is 0. The first kappa shape index (κ1) is 13.9. The van der Waals surface area contributed by atoms with Crippen molar-refractivity contribution >= 4 is 0 Å². The van der Waals surface area contributed by atoms with Crippen molar-refractivity contribution in [2.24, 2.45) is 11.5 Å². The summed E-state index contributed by atoms with van der Waals surface area (Å²) in [5, 5.41) is 0. The summed E-state index contributed by atoms with van der Waals surface area (Å²) in [6.07, 6.45) is 13.8. The summed E-state index contributed by atoms with van der Waals surface area (Å²) in [5.74, 6) is 0. The fourth-order valence-electron chi connectivity index (χ4n) is 1.70. The van der Waals surface area contributed by atoms with Crippen LogP contribution in [0.15, 0.2) is 0 Å². The van der Waals surface area contributed by atoms with E-state index in [4.69, 9.17) is 11.5 Å². The maximum absolute atomic E-state index is 5.28. The van der Waals surface area contributed by atoms with Crippen LogP contribution in [0, 0.1) is 0 Å². The Morgan fingerprint density at radius 3 is 1.00 bits per heavy atom. The van der Waals surface area contributed by atoms with Gasteiger partial charge in [0, 0.05) is 0 Å². The molecule has 0 aromatic rings. The molecule has 0 amide bonds. The van der Waals surface area contributed by atoms with E-state index in [0.29, 0.717) is 0 Å². The second kappa shape index (κ2) is 12.9. The van der Waals surface area contributed by atoms with Crippen molar-refractivity contribution in [2.75, 3.05) is 13.1 Å². The van der Waals surface area contributed by atoms with Gasteiger partial charge in [-0.25, -0.2) is 0 Å². The normalized spacial score (nSPS) is 15.9. The Morgan fingerprint density at radius 1 is 0.500 bits per heavy atom. The predicted molar refractivity (Wildman–Crippen MR) is 64.3 cm³/mol. The van der Waals surface area contributed by atoms with E-state index in [1.807, 2.05) is 0 Å². The summed E-state index contributed by atoms with van der Waals surface area (Å²) >= 11 is 0. The van der Waals surface area contributed by atoms with E-state index in [9.17, 15) is 0 Å². The van der Waals surface area contributed by atoms with Gasteiger partial charge in [-0.3, -0.25) is 0 Å². The zero-order valence-electron chi connectivity index (χ0n) is 9.64. The molecule has 1 fully saturated rings. The Morgan fingerprint density at radius 2 is 0.786 bits per heavy atom. The first-order chi connectivity index (χ1) is 6.91. The van der Waals surface area contributed by atoms with Crippen molar-refractivity contribution in [1.29, 1.82) is 0 Å². The van der Waals surface area contributed by atoms with E-state index >= 15 is 0 Å². The molecule has 0 spiro atoms. The lowest BCUT2D eigenvalue weighted by atomic mass is 10.0. The zero-order valence-corrected chi connectivity index (χ0v) is 9.64. The highest BCUT2D eigenvalue weighted by molar-refractivity contribution is 4.51. The van der Waals surface area contributed by atoms with Gasteiger partial charge in [-0.05, 0) is 25.9 Å². The molecule has 0 aromatic carbocycles. The monoisotopic (exact) mass is 200 g/mol. The van der Waals surface area contributed by atoms with Crippen molar-refractivity contribution in [3.8, 4) is 0 Å². The highest BCUT2D eigenvalue weighted by Gasteiger charge is 1.95. The fourth-order valence-corrected chi connectivity index (χ4v) is 1.70. The molecule has 0 unspecified atom stereocenters. The molecule has 1 rings (SSSR count). The number of rotatable bonds is 5. The van der Waals surface area contributed by atoms with Crippen LogP contribution in [0.5, 0.6) is 0 Å². The van der Waals surface area contributed by atoms with E-state index in [0.717, 1.165) is 25.9 Å². The van der Waals surface area contributed by atoms with Crippen LogP contribution in [0.4, 0.5) is 0 Å². The van der Waals surface area contributed by atoms with Crippen molar-refractivity contribution < 1.29 is 0 Å². The van der Waals surface area contributed by atoms with Crippen LogP contribution in [0.3, 0.4) is 0 Å². The summed E-state index contributed by atoms with van der Waals surface area (Å²) in [5.41, 5.74) is 10.6. The van der Waals surface area contributed by atoms with E-state index < -0.39 is 0 Å². The molecule has 86 valence electrons. The zero-order chi connectivity index (χ0) is 10.5. The Labute approximate surface area is 89.4 Å². The van der Waals surface area contributed by atoms with E-state index in [2.05, 4.69) is 0 Å². The molecule has 0 radical (unpaired) electrons. The Kier molecular flexibility index (Phi) is 12.8. The van der Waals surface area contributed by atoms with Gasteiger partial charge in [-0.1, -0.05) is 51.4 Å². The van der Waals surface area contributed by atoms with Crippen LogP contribution in [-0.2, 0) is 0 Å². The van der Waals surface area contributed by atoms with Crippen molar-refractivity contribution in [3.63, 3.8) is 0 Å². The SMILES string of the molecule is C1CCCCC1.NCCCCCCN. The van der Waals surface area contributed by atoms with Crippen molar-refractivity contribution in [2.45, 2.75) is 64.2 Å². The van der Waals surface area contributed by atoms with E-state index in [-0.39, 0.29) is 0 Å². The minimum absolute atomic E-state index is 0.824. The van der Waals surface area contributed by atoms with Gasteiger partial charge < -0.3 is 11.5 Å². The average Bonchev–Trinajstić information content (AvgIpc) is 2.28. The van der Waals surface area contributed by atoms with Gasteiger partial charge in [0.1, 0.15) is 0 Å². The molecule has 1 aliphatic rings. The highest BCUT2D eigenvalue weighted by atomic mass is 14.5. The molecule has 4 N–H and O–H groups in total. The fraction of sp³-hybridized carbons (Fsp3) is 1.00. The summed E-state index contributed by atoms with van der Waals surface area (Å²) in [4.78, 5) is 0. The minimum Gasteiger partial charge on any atom is -0.330 e. The van der Waals surface area contributed by atoms with Gasteiger partial charge in [0.15, 0.2) is 0 Å². The maximum atomic E-state index is 5.28. The molecule has 2 nitrogen and oxygen atoms in total. The Balaban J connectivity index is 0.000000249. The molecule has 1 saturated carbocycles. The van der Waals surface area contributed by atoms with Gasteiger partial charge in [0.25, 0.3) is 0 Å². The molecular weight excluding hydrogens is 172 g/mol. The van der Waals surface area contributed by atoms with Gasteiger partial charge in [0.2, 0.25) is 0 Å². The van der Waals surface area contributed by atoms with Gasteiger partial charge in [-0.15, -0.1) is 0 Å². The molecule has 14 heavy (non-hydrogen) atoms. The number of unbranched alkanes of at least 4 members (excludes halogenated alkanes) is 3. The first-order valence-electron chi connectivity index (χ1n) is 6.32. The second-order valence-corrected chi connectivity index (χ2v) is 4.11. The quantitative estimate of drug-likeness (QED) is 0.670. The number of hydrogen-bond donors (Lipinski definition) is 2. The predicted octanol–water partition coefficient (Wildman–Crippen LogP) is 2.80. The molecule has 0 saturated heterocycles. The average molecular weight is 200 g/mol. The van der Waals surface area contributed by atoms with Crippen LogP contribution < -0.4 is 11.5 Å². The molecule has 1 aliphatic carbocycles. The number of nitrogens with two attached hydrogens (primary N) is 2. The second-order valence-electron chi connectivity index (χ2n) is 4.11. The summed E-state index contributed by atoms with van der Waals surface area (Å²) in [6.45, 7) is 1.65. The third kappa shape index (κ3) is 11.9. The van der Waals surface area contributed by atoms with Crippen LogP contribution in [0.25, 0.3) is 0 Å². The van der Waals surface area contributed by atoms with Crippen LogP contribution in [-0.4, -0.2) is 13.1 Å². The van der Waals surface area contributed by atoms with E-state index in [1.54, 1.807) is 0 Å². The third-order valence-corrected chi connectivity index (χ3v) is 2.66. The van der Waals surface area contributed by atoms with Crippen molar-refractivity contribution in [3.05, 3.63) is 0 Å². The highest BCUT2D eigenvalue weighted by Crippen LogP contribution is 2.15. The standard InChI is InChI=1S/C6H16N2.C6H12/c7-5-3-1-2-4-6-8;1-2-4-6-5-3-1/h1-8H2;1-6H2. The molecular formula is C12H28N2. The van der Waals surface area contributed by atoms with Gasteiger partial charge in [-0.2, -0.15) is 0 Å². The van der Waals surface area contributed by atoms with E-state index in [1.165, 1.54) is 51.4 Å². The first-order valence-corrected chi connectivity index (χ1v) is 6.32. The molecule has 0 heterocycles. The number of hydrogen-bond acceptors (Lipinski definition) is 2. The largest absolute Gasteiger partial charge is 0.330 e. The maximum Gasteiger partial charge on any atom is -0.00773 e. The minimum atomic E-state index is 0.824. The third-order valence-electron chi connectivity index (χ3n) is 2.66. The van der Waals surface area contributed by atoms with Gasteiger partial charge in [0.05, 0.1) is 0 Å². The topological polar surface area (TPSA) is 52.0 Å². The smallest absolute Gasteiger partial charge is 0.00773 e. The summed E-state index contributed by atoms with van der Waals surface area (Å²) in [7, 11) is 0. The van der Waals surface area contributed by atoms with Gasteiger partial charge >= 0.3 is 0 Å². The molecule has 2 heteroatoms. The molecule has 0 aromatic heterocycles. The van der Waals surface area contributed by atoms with Crippen LogP contribution in [0.1, 0.15) is 64.2 Å².